The quantitative estimate of drug-likeness (QED) is 0.722. The van der Waals surface area contributed by atoms with Gasteiger partial charge in [0.05, 0.1) is 5.41 Å². The van der Waals surface area contributed by atoms with Crippen LogP contribution in [0.1, 0.15) is 69.2 Å². The molecular weight excluding hydrogens is 246 g/mol. The van der Waals surface area contributed by atoms with Crippen molar-refractivity contribution >= 4 is 5.91 Å². The van der Waals surface area contributed by atoms with E-state index in [2.05, 4.69) is 74.1 Å². The van der Waals surface area contributed by atoms with Gasteiger partial charge in [0.25, 0.3) is 0 Å². The Labute approximate surface area is 125 Å². The van der Waals surface area contributed by atoms with Crippen molar-refractivity contribution in [3.8, 4) is 0 Å². The van der Waals surface area contributed by atoms with Gasteiger partial charge in [-0.2, -0.15) is 0 Å². The summed E-state index contributed by atoms with van der Waals surface area (Å²) >= 11 is 0. The number of amides is 1. The number of allylic oxidation sites excluding steroid dienone is 2. The summed E-state index contributed by atoms with van der Waals surface area (Å²) in [4.78, 5) is 15.1. The van der Waals surface area contributed by atoms with Crippen molar-refractivity contribution in [2.45, 2.75) is 75.3 Å². The Hall–Kier alpha value is -0.790. The molecule has 0 aromatic carbocycles. The SMILES string of the molecule is CC(C)C1=C(C(C)C)C(C)(C)C(C)(C)C(=O)N1C(C)C. The van der Waals surface area contributed by atoms with Crippen molar-refractivity contribution in [3.63, 3.8) is 0 Å². The van der Waals surface area contributed by atoms with Crippen LogP contribution in [0.25, 0.3) is 0 Å². The van der Waals surface area contributed by atoms with Gasteiger partial charge in [0.1, 0.15) is 0 Å². The highest BCUT2D eigenvalue weighted by Gasteiger charge is 2.54. The molecule has 0 spiro atoms. The molecule has 0 N–H and O–H groups in total. The fourth-order valence-electron chi connectivity index (χ4n) is 3.58. The highest BCUT2D eigenvalue weighted by Crippen LogP contribution is 2.54. The van der Waals surface area contributed by atoms with Crippen LogP contribution in [-0.4, -0.2) is 16.8 Å². The third kappa shape index (κ3) is 2.31. The highest BCUT2D eigenvalue weighted by molar-refractivity contribution is 5.87. The Balaban J connectivity index is 3.74. The fraction of sp³-hybridized carbons (Fsp3) is 0.833. The summed E-state index contributed by atoms with van der Waals surface area (Å²) in [6.45, 7) is 21.8. The molecule has 1 rings (SSSR count). The van der Waals surface area contributed by atoms with Gasteiger partial charge >= 0.3 is 0 Å². The summed E-state index contributed by atoms with van der Waals surface area (Å²) in [5.41, 5.74) is 2.23. The summed E-state index contributed by atoms with van der Waals surface area (Å²) in [6.07, 6.45) is 0. The van der Waals surface area contributed by atoms with Gasteiger partial charge < -0.3 is 4.90 Å². The van der Waals surface area contributed by atoms with Crippen molar-refractivity contribution in [2.24, 2.45) is 22.7 Å². The molecule has 20 heavy (non-hydrogen) atoms. The average molecular weight is 279 g/mol. The van der Waals surface area contributed by atoms with Gasteiger partial charge in [-0.05, 0) is 31.3 Å². The molecule has 1 aliphatic rings. The van der Waals surface area contributed by atoms with Gasteiger partial charge in [-0.15, -0.1) is 0 Å². The van der Waals surface area contributed by atoms with Gasteiger partial charge in [-0.1, -0.05) is 55.4 Å². The molecule has 1 heterocycles. The zero-order chi connectivity index (χ0) is 16.0. The molecule has 116 valence electrons. The van der Waals surface area contributed by atoms with E-state index in [1.54, 1.807) is 0 Å². The number of carbonyl (C=O) groups excluding carboxylic acids is 1. The monoisotopic (exact) mass is 279 g/mol. The lowest BCUT2D eigenvalue weighted by atomic mass is 9.57. The van der Waals surface area contributed by atoms with E-state index in [9.17, 15) is 4.79 Å². The maximum absolute atomic E-state index is 13.1. The van der Waals surface area contributed by atoms with E-state index in [0.717, 1.165) is 0 Å². The molecule has 1 amide bonds. The van der Waals surface area contributed by atoms with Gasteiger partial charge in [0.2, 0.25) is 5.91 Å². The van der Waals surface area contributed by atoms with Crippen molar-refractivity contribution < 1.29 is 4.79 Å². The number of carbonyl (C=O) groups is 1. The minimum absolute atomic E-state index is 0.108. The first-order chi connectivity index (χ1) is 8.87. The van der Waals surface area contributed by atoms with Crippen LogP contribution in [0.5, 0.6) is 0 Å². The normalized spacial score (nSPS) is 22.4. The number of hydrogen-bond acceptors (Lipinski definition) is 1. The zero-order valence-corrected chi connectivity index (χ0v) is 15.1. The van der Waals surface area contributed by atoms with Crippen LogP contribution in [0.4, 0.5) is 0 Å². The summed E-state index contributed by atoms with van der Waals surface area (Å²) in [5.74, 6) is 1.09. The van der Waals surface area contributed by atoms with E-state index in [-0.39, 0.29) is 22.8 Å². The van der Waals surface area contributed by atoms with Crippen molar-refractivity contribution in [1.29, 1.82) is 0 Å². The Bertz CT molecular complexity index is 425. The Morgan fingerprint density at radius 3 is 1.55 bits per heavy atom. The van der Waals surface area contributed by atoms with E-state index < -0.39 is 0 Å². The van der Waals surface area contributed by atoms with Crippen LogP contribution in [0.3, 0.4) is 0 Å². The van der Waals surface area contributed by atoms with Gasteiger partial charge in [0, 0.05) is 17.2 Å². The third-order valence-corrected chi connectivity index (χ3v) is 5.17. The van der Waals surface area contributed by atoms with E-state index in [4.69, 9.17) is 0 Å². The molecule has 0 saturated carbocycles. The van der Waals surface area contributed by atoms with E-state index >= 15 is 0 Å². The molecule has 0 aromatic heterocycles. The van der Waals surface area contributed by atoms with Crippen LogP contribution in [0.2, 0.25) is 0 Å². The molecule has 2 heteroatoms. The van der Waals surface area contributed by atoms with Crippen molar-refractivity contribution in [1.82, 2.24) is 4.90 Å². The molecule has 0 unspecified atom stereocenters. The van der Waals surface area contributed by atoms with Gasteiger partial charge in [0.15, 0.2) is 0 Å². The Morgan fingerprint density at radius 1 is 0.800 bits per heavy atom. The molecule has 0 aromatic rings. The first-order valence-corrected chi connectivity index (χ1v) is 7.95. The predicted molar refractivity (Wildman–Crippen MR) is 86.2 cm³/mol. The lowest BCUT2D eigenvalue weighted by Crippen LogP contribution is -2.57. The van der Waals surface area contributed by atoms with Crippen molar-refractivity contribution in [2.75, 3.05) is 0 Å². The summed E-state index contributed by atoms with van der Waals surface area (Å²) in [7, 11) is 0. The Morgan fingerprint density at radius 2 is 1.25 bits per heavy atom. The second-order valence-corrected chi connectivity index (χ2v) is 8.13. The van der Waals surface area contributed by atoms with Crippen LogP contribution < -0.4 is 0 Å². The molecule has 0 saturated heterocycles. The molecule has 0 aliphatic carbocycles. The first-order valence-electron chi connectivity index (χ1n) is 7.95. The number of nitrogens with zero attached hydrogens (tertiary/aromatic N) is 1. The first kappa shape index (κ1) is 17.3. The molecule has 2 nitrogen and oxygen atoms in total. The molecule has 0 radical (unpaired) electrons. The molecule has 0 atom stereocenters. The van der Waals surface area contributed by atoms with E-state index in [1.807, 2.05) is 0 Å². The smallest absolute Gasteiger partial charge is 0.233 e. The van der Waals surface area contributed by atoms with E-state index in [1.165, 1.54) is 11.3 Å². The minimum Gasteiger partial charge on any atom is -0.313 e. The van der Waals surface area contributed by atoms with Crippen LogP contribution in [-0.2, 0) is 4.79 Å². The van der Waals surface area contributed by atoms with Gasteiger partial charge in [-0.25, -0.2) is 0 Å². The second kappa shape index (κ2) is 5.20. The molecule has 1 aliphatic heterocycles. The predicted octanol–water partition coefficient (Wildman–Crippen LogP) is 4.86. The zero-order valence-electron chi connectivity index (χ0n) is 15.1. The van der Waals surface area contributed by atoms with E-state index in [0.29, 0.717) is 11.8 Å². The minimum atomic E-state index is -0.366. The topological polar surface area (TPSA) is 20.3 Å². The maximum Gasteiger partial charge on any atom is 0.233 e. The molecule has 0 bridgehead atoms. The summed E-state index contributed by atoms with van der Waals surface area (Å²) < 4.78 is 0. The third-order valence-electron chi connectivity index (χ3n) is 5.17. The van der Waals surface area contributed by atoms with Crippen LogP contribution in [0, 0.1) is 22.7 Å². The fourth-order valence-corrected chi connectivity index (χ4v) is 3.58. The molecule has 0 fully saturated rings. The lowest BCUT2D eigenvalue weighted by Gasteiger charge is -2.54. The lowest BCUT2D eigenvalue weighted by molar-refractivity contribution is -0.148. The Kier molecular flexibility index (Phi) is 4.49. The number of hydrogen-bond donors (Lipinski definition) is 0. The summed E-state index contributed by atoms with van der Waals surface area (Å²) in [6, 6.07) is 0.212. The van der Waals surface area contributed by atoms with Crippen LogP contribution >= 0.6 is 0 Å². The summed E-state index contributed by atoms with van der Waals surface area (Å²) in [5, 5.41) is 0. The number of rotatable bonds is 3. The maximum atomic E-state index is 13.1. The van der Waals surface area contributed by atoms with Crippen molar-refractivity contribution in [3.05, 3.63) is 11.3 Å². The second-order valence-electron chi connectivity index (χ2n) is 8.13. The van der Waals surface area contributed by atoms with Crippen LogP contribution in [0.15, 0.2) is 11.3 Å². The molecular formula is C18H33NO. The van der Waals surface area contributed by atoms with Gasteiger partial charge in [-0.3, -0.25) is 4.79 Å². The highest BCUT2D eigenvalue weighted by atomic mass is 16.2. The standard InChI is InChI=1S/C18H33NO/c1-11(2)14-15(12(3)4)19(13(5)6)16(20)18(9,10)17(14,7)8/h11-13H,1-10H3. The average Bonchev–Trinajstić information content (AvgIpc) is 2.24. The largest absolute Gasteiger partial charge is 0.313 e.